The second-order valence-corrected chi connectivity index (χ2v) is 14.0. The van der Waals surface area contributed by atoms with Gasteiger partial charge in [-0.1, -0.05) is 75.8 Å². The van der Waals surface area contributed by atoms with Gasteiger partial charge in [-0.2, -0.15) is 8.42 Å². The molecule has 0 radical (unpaired) electrons. The number of allylic oxidation sites excluding steroid dienone is 1. The molecule has 0 amide bonds. The van der Waals surface area contributed by atoms with Crippen LogP contribution in [-0.4, -0.2) is 17.9 Å². The zero-order chi connectivity index (χ0) is 31.3. The van der Waals surface area contributed by atoms with Crippen LogP contribution in [0.5, 0.6) is 5.75 Å². The highest BCUT2D eigenvalue weighted by atomic mass is 79.9. The van der Waals surface area contributed by atoms with Crippen LogP contribution in [0.15, 0.2) is 122 Å². The number of hydrogen-bond acceptors (Lipinski definition) is 8. The fraction of sp³-hybridized carbons (Fsp3) is 0.0909. The van der Waals surface area contributed by atoms with Crippen LogP contribution in [-0.2, 0) is 16.5 Å². The molecule has 9 nitrogen and oxygen atoms in total. The summed E-state index contributed by atoms with van der Waals surface area (Å²) >= 11 is 4.83. The maximum absolute atomic E-state index is 14.0. The van der Waals surface area contributed by atoms with Crippen LogP contribution in [0.1, 0.15) is 34.7 Å². The number of hydrogen-bond donors (Lipinski definition) is 0. The van der Waals surface area contributed by atoms with E-state index >= 15 is 0 Å². The lowest BCUT2D eigenvalue weighted by Crippen LogP contribution is -2.38. The Kier molecular flexibility index (Phi) is 7.35. The van der Waals surface area contributed by atoms with Crippen molar-refractivity contribution in [1.82, 2.24) is 4.57 Å². The van der Waals surface area contributed by atoms with Gasteiger partial charge in [-0.3, -0.25) is 19.5 Å². The van der Waals surface area contributed by atoms with E-state index in [0.29, 0.717) is 14.9 Å². The Balaban J connectivity index is 1.25. The molecule has 2 heterocycles. The van der Waals surface area contributed by atoms with Crippen LogP contribution in [0.25, 0.3) is 11.8 Å². The first kappa shape index (κ1) is 29.1. The van der Waals surface area contributed by atoms with Crippen LogP contribution in [0.2, 0.25) is 0 Å². The van der Waals surface area contributed by atoms with Crippen molar-refractivity contribution in [2.75, 3.05) is 0 Å². The predicted molar refractivity (Wildman–Crippen MR) is 174 cm³/mol. The van der Waals surface area contributed by atoms with Crippen molar-refractivity contribution in [3.8, 4) is 5.75 Å². The van der Waals surface area contributed by atoms with E-state index in [4.69, 9.17) is 9.18 Å². The summed E-state index contributed by atoms with van der Waals surface area (Å²) in [5.74, 6) is 0.0635. The van der Waals surface area contributed by atoms with E-state index in [-0.39, 0.29) is 27.9 Å². The Hall–Kier alpha value is -4.65. The molecule has 7 rings (SSSR count). The van der Waals surface area contributed by atoms with Crippen LogP contribution in [0.3, 0.4) is 0 Å². The molecular formula is C33H22BrN3O6S2. The quantitative estimate of drug-likeness (QED) is 0.126. The van der Waals surface area contributed by atoms with Crippen molar-refractivity contribution < 1.29 is 17.5 Å². The van der Waals surface area contributed by atoms with Crippen molar-refractivity contribution in [3.63, 3.8) is 0 Å². The molecule has 5 aromatic rings. The lowest BCUT2D eigenvalue weighted by atomic mass is 9.83. The third kappa shape index (κ3) is 5.45. The first-order valence-electron chi connectivity index (χ1n) is 13.9. The first-order valence-corrected chi connectivity index (χ1v) is 16.9. The molecule has 224 valence electrons. The Labute approximate surface area is 269 Å². The molecule has 4 aromatic carbocycles. The van der Waals surface area contributed by atoms with Crippen molar-refractivity contribution in [1.29, 1.82) is 0 Å². The summed E-state index contributed by atoms with van der Waals surface area (Å²) in [4.78, 5) is 29.7. The van der Waals surface area contributed by atoms with Gasteiger partial charge in [0.2, 0.25) is 0 Å². The molecule has 1 aromatic heterocycles. The summed E-state index contributed by atoms with van der Waals surface area (Å²) in [6.45, 7) is 0. The Morgan fingerprint density at radius 3 is 2.38 bits per heavy atom. The third-order valence-electron chi connectivity index (χ3n) is 7.78. The average Bonchev–Trinajstić information content (AvgIpc) is 3.35. The standard InChI is InChI=1S/C33H22BrN3O6S2/c34-23-10-7-22(8-11-23)31-28-18-9-21-3-1-2-4-27(21)30(28)35-33-36(31)32(38)29(44-33)19-20-5-14-25(15-6-20)43-45(41,42)26-16-12-24(13-17-26)37(39)40/h1-8,10-17,19,31H,9,18H2/b29-19-/t31-/m1/s1. The minimum absolute atomic E-state index is 0.0635. The number of rotatable bonds is 6. The van der Waals surface area contributed by atoms with Crippen molar-refractivity contribution in [2.45, 2.75) is 23.8 Å². The molecule has 0 N–H and O–H groups in total. The largest absolute Gasteiger partial charge is 0.379 e. The summed E-state index contributed by atoms with van der Waals surface area (Å²) in [5.41, 5.74) is 5.68. The third-order valence-corrected chi connectivity index (χ3v) is 10.6. The van der Waals surface area contributed by atoms with Crippen LogP contribution in [0.4, 0.5) is 5.69 Å². The second kappa shape index (κ2) is 11.4. The molecule has 0 saturated carbocycles. The fourth-order valence-corrected chi connectivity index (χ4v) is 7.84. The molecule has 45 heavy (non-hydrogen) atoms. The molecule has 1 atom stereocenters. The second-order valence-electron chi connectivity index (χ2n) is 10.5. The van der Waals surface area contributed by atoms with Crippen molar-refractivity contribution in [2.24, 2.45) is 4.99 Å². The summed E-state index contributed by atoms with van der Waals surface area (Å²) < 4.78 is 33.9. The van der Waals surface area contributed by atoms with Gasteiger partial charge in [0.25, 0.3) is 11.2 Å². The Bertz CT molecular complexity index is 2310. The van der Waals surface area contributed by atoms with Crippen LogP contribution in [0, 0.1) is 10.1 Å². The zero-order valence-corrected chi connectivity index (χ0v) is 26.5. The van der Waals surface area contributed by atoms with Gasteiger partial charge < -0.3 is 4.18 Å². The summed E-state index contributed by atoms with van der Waals surface area (Å²) in [6, 6.07) is 26.8. The van der Waals surface area contributed by atoms with Gasteiger partial charge in [0.1, 0.15) is 10.6 Å². The highest BCUT2D eigenvalue weighted by Crippen LogP contribution is 2.41. The molecular weight excluding hydrogens is 678 g/mol. The lowest BCUT2D eigenvalue weighted by molar-refractivity contribution is -0.384. The van der Waals surface area contributed by atoms with E-state index in [2.05, 4.69) is 28.1 Å². The van der Waals surface area contributed by atoms with Gasteiger partial charge in [0, 0.05) is 22.2 Å². The maximum Gasteiger partial charge on any atom is 0.339 e. The lowest BCUT2D eigenvalue weighted by Gasteiger charge is -2.30. The number of non-ortho nitro benzene ring substituents is 1. The number of aromatic nitrogens is 1. The molecule has 12 heteroatoms. The highest BCUT2D eigenvalue weighted by molar-refractivity contribution is 9.10. The summed E-state index contributed by atoms with van der Waals surface area (Å²) in [6.07, 6.45) is 3.43. The number of halogens is 1. The number of nitrogens with zero attached hydrogens (tertiary/aromatic N) is 3. The van der Waals surface area contributed by atoms with Crippen LogP contribution < -0.4 is 19.1 Å². The minimum Gasteiger partial charge on any atom is -0.379 e. The molecule has 0 spiro atoms. The SMILES string of the molecule is O=c1/c(=C/c2ccc(OS(=O)(=O)c3ccc([N+](=O)[O-])cc3)cc2)sc2n1[C@H](c1ccc(Br)cc1)C1=C(N=2)c2ccccc2CC1. The number of aryl methyl sites for hydroxylation is 1. The molecule has 2 aliphatic rings. The number of nitro benzene ring substituents is 1. The zero-order valence-electron chi connectivity index (χ0n) is 23.3. The first-order chi connectivity index (χ1) is 21.7. The van der Waals surface area contributed by atoms with E-state index in [1.165, 1.54) is 29.0 Å². The fourth-order valence-electron chi connectivity index (χ4n) is 5.65. The molecule has 0 unspecified atom stereocenters. The molecule has 0 saturated heterocycles. The van der Waals surface area contributed by atoms with Gasteiger partial charge >= 0.3 is 10.1 Å². The van der Waals surface area contributed by atoms with Gasteiger partial charge in [-0.15, -0.1) is 0 Å². The average molecular weight is 701 g/mol. The van der Waals surface area contributed by atoms with Gasteiger partial charge in [-0.25, -0.2) is 4.99 Å². The predicted octanol–water partition coefficient (Wildman–Crippen LogP) is 5.76. The summed E-state index contributed by atoms with van der Waals surface area (Å²) in [5, 5.41) is 10.9. The van der Waals surface area contributed by atoms with E-state index in [1.807, 2.05) is 36.4 Å². The smallest absolute Gasteiger partial charge is 0.339 e. The number of fused-ring (bicyclic) bond motifs is 3. The molecule has 0 bridgehead atoms. The van der Waals surface area contributed by atoms with E-state index in [9.17, 15) is 23.3 Å². The minimum atomic E-state index is -4.21. The highest BCUT2D eigenvalue weighted by Gasteiger charge is 2.32. The van der Waals surface area contributed by atoms with E-state index in [0.717, 1.165) is 64.0 Å². The monoisotopic (exact) mass is 699 g/mol. The normalized spacial score (nSPS) is 15.9. The number of thiazole rings is 1. The molecule has 0 fully saturated rings. The Morgan fingerprint density at radius 1 is 0.956 bits per heavy atom. The number of benzene rings is 4. The topological polar surface area (TPSA) is 121 Å². The van der Waals surface area contributed by atoms with Crippen molar-refractivity contribution in [3.05, 3.63) is 159 Å². The van der Waals surface area contributed by atoms with E-state index in [1.54, 1.807) is 22.8 Å². The number of nitro groups is 1. The van der Waals surface area contributed by atoms with Crippen LogP contribution >= 0.6 is 27.3 Å². The van der Waals surface area contributed by atoms with E-state index < -0.39 is 15.0 Å². The van der Waals surface area contributed by atoms with Crippen molar-refractivity contribution >= 4 is 54.8 Å². The summed E-state index contributed by atoms with van der Waals surface area (Å²) in [7, 11) is -4.21. The van der Waals surface area contributed by atoms with Gasteiger partial charge in [0.15, 0.2) is 4.80 Å². The molecule has 1 aliphatic heterocycles. The van der Waals surface area contributed by atoms with Gasteiger partial charge in [0.05, 0.1) is 21.2 Å². The Morgan fingerprint density at radius 2 is 1.67 bits per heavy atom. The maximum atomic E-state index is 14.0. The van der Waals surface area contributed by atoms with Gasteiger partial charge in [-0.05, 0) is 77.6 Å². The molecule has 1 aliphatic carbocycles.